The van der Waals surface area contributed by atoms with Gasteiger partial charge in [0.2, 0.25) is 0 Å². The van der Waals surface area contributed by atoms with Crippen molar-refractivity contribution in [2.75, 3.05) is 18.5 Å². The molecule has 0 aliphatic carbocycles. The van der Waals surface area contributed by atoms with E-state index in [-0.39, 0.29) is 6.10 Å². The zero-order valence-electron chi connectivity index (χ0n) is 12.0. The maximum absolute atomic E-state index is 5.97. The molecule has 2 aromatic carbocycles. The average Bonchev–Trinajstić information content (AvgIpc) is 2.56. The number of hydrogen-bond donors (Lipinski definition) is 2. The zero-order chi connectivity index (χ0) is 16.2. The fourth-order valence-electron chi connectivity index (χ4n) is 2.12. The summed E-state index contributed by atoms with van der Waals surface area (Å²) in [5.74, 6) is 1.51. The van der Waals surface area contributed by atoms with Crippen LogP contribution in [-0.2, 0) is 0 Å². The Hall–Kier alpha value is -1.69. The van der Waals surface area contributed by atoms with Crippen LogP contribution in [0.3, 0.4) is 0 Å². The lowest BCUT2D eigenvalue weighted by atomic mass is 10.2. The lowest BCUT2D eigenvalue weighted by Gasteiger charge is -2.27. The first-order valence-corrected chi connectivity index (χ1v) is 8.16. The molecule has 0 radical (unpaired) electrons. The van der Waals surface area contributed by atoms with Gasteiger partial charge in [0.25, 0.3) is 0 Å². The van der Waals surface area contributed by atoms with Crippen LogP contribution in [0.4, 0.5) is 5.69 Å². The molecule has 0 aromatic heterocycles. The van der Waals surface area contributed by atoms with Crippen molar-refractivity contribution in [1.29, 1.82) is 0 Å². The Morgan fingerprint density at radius 3 is 2.70 bits per heavy atom. The maximum Gasteiger partial charge on any atom is 0.170 e. The van der Waals surface area contributed by atoms with Crippen molar-refractivity contribution in [2.24, 2.45) is 0 Å². The lowest BCUT2D eigenvalue weighted by Crippen LogP contribution is -2.42. The second-order valence-corrected chi connectivity index (χ2v) is 6.18. The smallest absolute Gasteiger partial charge is 0.170 e. The van der Waals surface area contributed by atoms with E-state index in [9.17, 15) is 0 Å². The number of para-hydroxylation sites is 2. The second kappa shape index (κ2) is 7.25. The van der Waals surface area contributed by atoms with Crippen LogP contribution in [0, 0.1) is 0 Å². The molecule has 7 heteroatoms. The number of ether oxygens (including phenoxy) is 2. The van der Waals surface area contributed by atoms with Crippen LogP contribution in [0.5, 0.6) is 11.5 Å². The van der Waals surface area contributed by atoms with E-state index < -0.39 is 0 Å². The Morgan fingerprint density at radius 1 is 1.13 bits per heavy atom. The van der Waals surface area contributed by atoms with Gasteiger partial charge < -0.3 is 20.1 Å². The highest BCUT2D eigenvalue weighted by atomic mass is 35.5. The standard InChI is InChI=1S/C16H14Cl2N2O2S/c17-12-6-5-10(7-13(12)18)20-16(23)19-8-11-9-21-14-3-1-2-4-15(14)22-11/h1-7,11H,8-9H2,(H2,19,20,23). The maximum atomic E-state index is 5.97. The van der Waals surface area contributed by atoms with Gasteiger partial charge in [-0.15, -0.1) is 0 Å². The largest absolute Gasteiger partial charge is 0.486 e. The Bertz CT molecular complexity index is 727. The molecule has 1 heterocycles. The van der Waals surface area contributed by atoms with Gasteiger partial charge in [-0.3, -0.25) is 0 Å². The minimum absolute atomic E-state index is 0.113. The molecular weight excluding hydrogens is 355 g/mol. The number of hydrogen-bond acceptors (Lipinski definition) is 3. The lowest BCUT2D eigenvalue weighted by molar-refractivity contribution is 0.0939. The Labute approximate surface area is 149 Å². The van der Waals surface area contributed by atoms with E-state index in [1.165, 1.54) is 0 Å². The molecule has 23 heavy (non-hydrogen) atoms. The topological polar surface area (TPSA) is 42.5 Å². The zero-order valence-corrected chi connectivity index (χ0v) is 14.3. The minimum atomic E-state index is -0.113. The minimum Gasteiger partial charge on any atom is -0.486 e. The van der Waals surface area contributed by atoms with E-state index in [2.05, 4.69) is 10.6 Å². The van der Waals surface area contributed by atoms with E-state index >= 15 is 0 Å². The molecule has 3 rings (SSSR count). The summed E-state index contributed by atoms with van der Waals surface area (Å²) in [6, 6.07) is 12.8. The summed E-state index contributed by atoms with van der Waals surface area (Å²) in [4.78, 5) is 0. The van der Waals surface area contributed by atoms with Crippen molar-refractivity contribution >= 4 is 46.2 Å². The second-order valence-electron chi connectivity index (χ2n) is 4.96. The number of anilines is 1. The highest BCUT2D eigenvalue weighted by molar-refractivity contribution is 7.80. The van der Waals surface area contributed by atoms with Crippen molar-refractivity contribution in [3.05, 3.63) is 52.5 Å². The predicted molar refractivity (Wildman–Crippen MR) is 97.0 cm³/mol. The Balaban J connectivity index is 1.51. The van der Waals surface area contributed by atoms with Crippen LogP contribution in [0.2, 0.25) is 10.0 Å². The quantitative estimate of drug-likeness (QED) is 0.797. The molecule has 0 saturated heterocycles. The van der Waals surface area contributed by atoms with E-state index in [4.69, 9.17) is 44.9 Å². The summed E-state index contributed by atoms with van der Waals surface area (Å²) in [6.07, 6.45) is -0.113. The van der Waals surface area contributed by atoms with Gasteiger partial charge in [-0.05, 0) is 42.5 Å². The molecular formula is C16H14Cl2N2O2S. The van der Waals surface area contributed by atoms with Crippen LogP contribution in [-0.4, -0.2) is 24.4 Å². The number of halogens is 2. The molecule has 1 aliphatic heterocycles. The number of rotatable bonds is 3. The molecule has 0 spiro atoms. The number of thiocarbonyl (C=S) groups is 1. The summed E-state index contributed by atoms with van der Waals surface area (Å²) in [5.41, 5.74) is 0.767. The summed E-state index contributed by atoms with van der Waals surface area (Å²) in [5, 5.41) is 7.61. The Kier molecular flexibility index (Phi) is 5.10. The number of fused-ring (bicyclic) bond motifs is 1. The van der Waals surface area contributed by atoms with Gasteiger partial charge in [-0.2, -0.15) is 0 Å². The molecule has 0 bridgehead atoms. The molecule has 4 nitrogen and oxygen atoms in total. The highest BCUT2D eigenvalue weighted by Crippen LogP contribution is 2.30. The third-order valence-corrected chi connectivity index (χ3v) is 4.22. The molecule has 1 unspecified atom stereocenters. The monoisotopic (exact) mass is 368 g/mol. The SMILES string of the molecule is S=C(NCC1COc2ccccc2O1)Nc1ccc(Cl)c(Cl)c1. The first-order valence-electron chi connectivity index (χ1n) is 7.00. The van der Waals surface area contributed by atoms with Crippen LogP contribution < -0.4 is 20.1 Å². The first kappa shape index (κ1) is 16.2. The molecule has 1 aliphatic rings. The summed E-state index contributed by atoms with van der Waals surface area (Å²) in [7, 11) is 0. The third kappa shape index (κ3) is 4.19. The van der Waals surface area contributed by atoms with Crippen LogP contribution in [0.15, 0.2) is 42.5 Å². The van der Waals surface area contributed by atoms with Crippen LogP contribution in [0.1, 0.15) is 0 Å². The van der Waals surface area contributed by atoms with Gasteiger partial charge in [0, 0.05) is 5.69 Å². The van der Waals surface area contributed by atoms with E-state index in [0.29, 0.717) is 28.3 Å². The summed E-state index contributed by atoms with van der Waals surface area (Å²) >= 11 is 17.1. The van der Waals surface area contributed by atoms with Gasteiger partial charge in [0.05, 0.1) is 16.6 Å². The van der Waals surface area contributed by atoms with Crippen LogP contribution >= 0.6 is 35.4 Å². The Morgan fingerprint density at radius 2 is 1.91 bits per heavy atom. The number of benzene rings is 2. The van der Waals surface area contributed by atoms with Gasteiger partial charge in [-0.1, -0.05) is 35.3 Å². The summed E-state index contributed by atoms with van der Waals surface area (Å²) in [6.45, 7) is 1.00. The number of nitrogens with one attached hydrogen (secondary N) is 2. The fraction of sp³-hybridized carbons (Fsp3) is 0.188. The molecule has 2 aromatic rings. The van der Waals surface area contributed by atoms with Gasteiger partial charge in [-0.25, -0.2) is 0 Å². The van der Waals surface area contributed by atoms with E-state index in [0.717, 1.165) is 17.2 Å². The first-order chi connectivity index (χ1) is 11.1. The van der Waals surface area contributed by atoms with Crippen molar-refractivity contribution < 1.29 is 9.47 Å². The highest BCUT2D eigenvalue weighted by Gasteiger charge is 2.20. The van der Waals surface area contributed by atoms with Gasteiger partial charge in [0.15, 0.2) is 16.6 Å². The van der Waals surface area contributed by atoms with Crippen molar-refractivity contribution in [3.8, 4) is 11.5 Å². The van der Waals surface area contributed by atoms with Crippen molar-refractivity contribution in [3.63, 3.8) is 0 Å². The van der Waals surface area contributed by atoms with Gasteiger partial charge >= 0.3 is 0 Å². The van der Waals surface area contributed by atoms with E-state index in [1.807, 2.05) is 24.3 Å². The fourth-order valence-corrected chi connectivity index (χ4v) is 2.62. The normalized spacial score (nSPS) is 15.8. The molecule has 120 valence electrons. The third-order valence-electron chi connectivity index (χ3n) is 3.24. The molecule has 0 fully saturated rings. The molecule has 1 atom stereocenters. The predicted octanol–water partition coefficient (Wildman–Crippen LogP) is 4.12. The van der Waals surface area contributed by atoms with Crippen molar-refractivity contribution in [1.82, 2.24) is 5.32 Å². The van der Waals surface area contributed by atoms with Crippen LogP contribution in [0.25, 0.3) is 0 Å². The van der Waals surface area contributed by atoms with Gasteiger partial charge in [0.1, 0.15) is 12.7 Å². The molecule has 0 amide bonds. The van der Waals surface area contributed by atoms with Crippen molar-refractivity contribution in [2.45, 2.75) is 6.10 Å². The molecule has 2 N–H and O–H groups in total. The average molecular weight is 369 g/mol. The molecule has 0 saturated carbocycles. The van der Waals surface area contributed by atoms with E-state index in [1.54, 1.807) is 18.2 Å². The summed E-state index contributed by atoms with van der Waals surface area (Å²) < 4.78 is 11.5.